The summed E-state index contributed by atoms with van der Waals surface area (Å²) in [5.74, 6) is -0.137. The van der Waals surface area contributed by atoms with E-state index in [0.717, 1.165) is 12.8 Å². The van der Waals surface area contributed by atoms with E-state index >= 15 is 0 Å². The van der Waals surface area contributed by atoms with Crippen LogP contribution in [-0.2, 0) is 22.4 Å². The molecule has 1 aromatic heterocycles. The number of carbonyl (C=O) groups excluding carboxylic acids is 1. The van der Waals surface area contributed by atoms with Crippen LogP contribution in [0.15, 0.2) is 4.52 Å². The third-order valence-corrected chi connectivity index (χ3v) is 2.53. The Kier molecular flexibility index (Phi) is 5.98. The molecule has 1 rings (SSSR count). The van der Waals surface area contributed by atoms with Gasteiger partial charge in [-0.3, -0.25) is 9.59 Å². The Labute approximate surface area is 111 Å². The standard InChI is InChI=1S/C12H19N3O4/c1-3-5-9-14-11(19-15-9)7-4-6-10(16)13-8(2)12(17)18/h8H,3-7H2,1-2H3,(H,13,16)(H,17,18)/t8-/m0/s1. The summed E-state index contributed by atoms with van der Waals surface area (Å²) in [7, 11) is 0. The van der Waals surface area contributed by atoms with Crippen molar-refractivity contribution in [2.75, 3.05) is 0 Å². The van der Waals surface area contributed by atoms with Crippen molar-refractivity contribution in [2.24, 2.45) is 0 Å². The first-order chi connectivity index (χ1) is 9.02. The van der Waals surface area contributed by atoms with E-state index in [-0.39, 0.29) is 12.3 Å². The summed E-state index contributed by atoms with van der Waals surface area (Å²) in [4.78, 5) is 26.1. The van der Waals surface area contributed by atoms with Crippen LogP contribution in [0.25, 0.3) is 0 Å². The minimum Gasteiger partial charge on any atom is -0.480 e. The van der Waals surface area contributed by atoms with Gasteiger partial charge in [0.05, 0.1) is 0 Å². The van der Waals surface area contributed by atoms with Gasteiger partial charge in [-0.1, -0.05) is 12.1 Å². The molecule has 0 aliphatic heterocycles. The summed E-state index contributed by atoms with van der Waals surface area (Å²) in [6, 6.07) is -0.868. The predicted molar refractivity (Wildman–Crippen MR) is 66.5 cm³/mol. The Hall–Kier alpha value is -1.92. The fourth-order valence-electron chi connectivity index (χ4n) is 1.49. The average Bonchev–Trinajstić information content (AvgIpc) is 2.77. The number of aliphatic carboxylic acids is 1. The number of aromatic nitrogens is 2. The molecule has 0 spiro atoms. The number of carboxylic acids is 1. The van der Waals surface area contributed by atoms with Gasteiger partial charge >= 0.3 is 5.97 Å². The van der Waals surface area contributed by atoms with Crippen LogP contribution < -0.4 is 5.32 Å². The lowest BCUT2D eigenvalue weighted by atomic mass is 10.2. The van der Waals surface area contributed by atoms with E-state index in [0.29, 0.717) is 24.6 Å². The van der Waals surface area contributed by atoms with E-state index in [9.17, 15) is 9.59 Å². The summed E-state index contributed by atoms with van der Waals surface area (Å²) < 4.78 is 5.03. The molecule has 0 saturated heterocycles. The lowest BCUT2D eigenvalue weighted by molar-refractivity contribution is -0.141. The Morgan fingerprint density at radius 3 is 2.79 bits per heavy atom. The molecule has 0 aromatic carbocycles. The van der Waals surface area contributed by atoms with Crippen molar-refractivity contribution in [1.29, 1.82) is 0 Å². The lowest BCUT2D eigenvalue weighted by Gasteiger charge is -2.08. The first-order valence-electron chi connectivity index (χ1n) is 6.36. The topological polar surface area (TPSA) is 105 Å². The number of nitrogens with one attached hydrogen (secondary N) is 1. The molecule has 7 heteroatoms. The van der Waals surface area contributed by atoms with Crippen LogP contribution in [0.3, 0.4) is 0 Å². The molecular formula is C12H19N3O4. The monoisotopic (exact) mass is 269 g/mol. The minimum atomic E-state index is -1.05. The smallest absolute Gasteiger partial charge is 0.325 e. The van der Waals surface area contributed by atoms with Crippen molar-refractivity contribution in [3.63, 3.8) is 0 Å². The second-order valence-corrected chi connectivity index (χ2v) is 4.34. The predicted octanol–water partition coefficient (Wildman–Crippen LogP) is 0.934. The Morgan fingerprint density at radius 1 is 1.42 bits per heavy atom. The van der Waals surface area contributed by atoms with Gasteiger partial charge in [-0.2, -0.15) is 4.98 Å². The van der Waals surface area contributed by atoms with Crippen molar-refractivity contribution in [1.82, 2.24) is 15.5 Å². The van der Waals surface area contributed by atoms with Crippen LogP contribution in [0.2, 0.25) is 0 Å². The van der Waals surface area contributed by atoms with Gasteiger partial charge in [0.25, 0.3) is 0 Å². The van der Waals surface area contributed by atoms with Gasteiger partial charge in [-0.15, -0.1) is 0 Å². The van der Waals surface area contributed by atoms with Gasteiger partial charge in [0, 0.05) is 19.3 Å². The Bertz CT molecular complexity index is 430. The number of carbonyl (C=O) groups is 2. The molecular weight excluding hydrogens is 250 g/mol. The fraction of sp³-hybridized carbons (Fsp3) is 0.667. The highest BCUT2D eigenvalue weighted by atomic mass is 16.5. The van der Waals surface area contributed by atoms with E-state index in [1.807, 2.05) is 6.92 Å². The summed E-state index contributed by atoms with van der Waals surface area (Å²) in [6.07, 6.45) is 3.04. The molecule has 0 radical (unpaired) electrons. The molecule has 0 unspecified atom stereocenters. The van der Waals surface area contributed by atoms with Crippen molar-refractivity contribution in [3.05, 3.63) is 11.7 Å². The second-order valence-electron chi connectivity index (χ2n) is 4.34. The highest BCUT2D eigenvalue weighted by Crippen LogP contribution is 2.04. The van der Waals surface area contributed by atoms with Gasteiger partial charge < -0.3 is 14.9 Å². The number of hydrogen-bond acceptors (Lipinski definition) is 5. The van der Waals surface area contributed by atoms with Crippen LogP contribution in [0, 0.1) is 0 Å². The second kappa shape index (κ2) is 7.50. The molecule has 1 heterocycles. The van der Waals surface area contributed by atoms with E-state index in [1.165, 1.54) is 6.92 Å². The normalized spacial score (nSPS) is 12.1. The zero-order chi connectivity index (χ0) is 14.3. The average molecular weight is 269 g/mol. The molecule has 106 valence electrons. The highest BCUT2D eigenvalue weighted by Gasteiger charge is 2.14. The summed E-state index contributed by atoms with van der Waals surface area (Å²) in [5.41, 5.74) is 0. The summed E-state index contributed by atoms with van der Waals surface area (Å²) in [5, 5.41) is 14.8. The van der Waals surface area contributed by atoms with Crippen molar-refractivity contribution >= 4 is 11.9 Å². The van der Waals surface area contributed by atoms with E-state index in [4.69, 9.17) is 9.63 Å². The van der Waals surface area contributed by atoms with E-state index in [1.54, 1.807) is 0 Å². The van der Waals surface area contributed by atoms with E-state index in [2.05, 4.69) is 15.5 Å². The molecule has 7 nitrogen and oxygen atoms in total. The molecule has 1 atom stereocenters. The van der Waals surface area contributed by atoms with Gasteiger partial charge in [-0.05, 0) is 19.8 Å². The van der Waals surface area contributed by atoms with Crippen LogP contribution in [0.5, 0.6) is 0 Å². The molecule has 0 saturated carbocycles. The third kappa shape index (κ3) is 5.50. The van der Waals surface area contributed by atoms with Crippen LogP contribution in [0.1, 0.15) is 44.8 Å². The van der Waals surface area contributed by atoms with Crippen LogP contribution in [-0.4, -0.2) is 33.2 Å². The van der Waals surface area contributed by atoms with Gasteiger partial charge in [-0.25, -0.2) is 0 Å². The summed E-state index contributed by atoms with van der Waals surface area (Å²) >= 11 is 0. The summed E-state index contributed by atoms with van der Waals surface area (Å²) in [6.45, 7) is 3.46. The maximum atomic E-state index is 11.4. The first-order valence-corrected chi connectivity index (χ1v) is 6.36. The SMILES string of the molecule is CCCc1noc(CCCC(=O)N[C@@H](C)C(=O)O)n1. The number of nitrogens with zero attached hydrogens (tertiary/aromatic N) is 2. The molecule has 0 bridgehead atoms. The number of amides is 1. The van der Waals surface area contributed by atoms with Crippen molar-refractivity contribution < 1.29 is 19.2 Å². The molecule has 0 aliphatic rings. The van der Waals surface area contributed by atoms with E-state index < -0.39 is 12.0 Å². The third-order valence-electron chi connectivity index (χ3n) is 2.53. The van der Waals surface area contributed by atoms with Gasteiger partial charge in [0.15, 0.2) is 5.82 Å². The quantitative estimate of drug-likeness (QED) is 0.727. The maximum absolute atomic E-state index is 11.4. The molecule has 19 heavy (non-hydrogen) atoms. The number of aryl methyl sites for hydroxylation is 2. The molecule has 1 aromatic rings. The van der Waals surface area contributed by atoms with Crippen molar-refractivity contribution in [3.8, 4) is 0 Å². The number of rotatable bonds is 8. The molecule has 2 N–H and O–H groups in total. The molecule has 1 amide bonds. The maximum Gasteiger partial charge on any atom is 0.325 e. The zero-order valence-electron chi connectivity index (χ0n) is 11.2. The first kappa shape index (κ1) is 15.1. The fourth-order valence-corrected chi connectivity index (χ4v) is 1.49. The number of hydrogen-bond donors (Lipinski definition) is 2. The van der Waals surface area contributed by atoms with Crippen molar-refractivity contribution in [2.45, 2.75) is 52.0 Å². The molecule has 0 fully saturated rings. The largest absolute Gasteiger partial charge is 0.480 e. The Balaban J connectivity index is 2.25. The van der Waals surface area contributed by atoms with Gasteiger partial charge in [0.2, 0.25) is 11.8 Å². The highest BCUT2D eigenvalue weighted by molar-refractivity contribution is 5.83. The Morgan fingerprint density at radius 2 is 2.16 bits per heavy atom. The lowest BCUT2D eigenvalue weighted by Crippen LogP contribution is -2.38. The van der Waals surface area contributed by atoms with Crippen LogP contribution >= 0.6 is 0 Å². The zero-order valence-corrected chi connectivity index (χ0v) is 11.2. The van der Waals surface area contributed by atoms with Gasteiger partial charge in [0.1, 0.15) is 6.04 Å². The van der Waals surface area contributed by atoms with Crippen LogP contribution in [0.4, 0.5) is 0 Å². The number of carboxylic acid groups (broad SMARTS) is 1. The minimum absolute atomic E-state index is 0.239. The molecule has 0 aliphatic carbocycles.